The van der Waals surface area contributed by atoms with E-state index in [0.29, 0.717) is 12.5 Å². The molecule has 0 aliphatic carbocycles. The lowest BCUT2D eigenvalue weighted by Gasteiger charge is -2.35. The van der Waals surface area contributed by atoms with E-state index in [1.165, 1.54) is 11.3 Å². The molecule has 0 amide bonds. The van der Waals surface area contributed by atoms with Crippen LogP contribution in [0.4, 0.5) is 5.69 Å². The average molecular weight is 395 g/mol. The fourth-order valence-corrected chi connectivity index (χ4v) is 4.07. The summed E-state index contributed by atoms with van der Waals surface area (Å²) < 4.78 is 23.7. The zero-order valence-corrected chi connectivity index (χ0v) is 18.1. The van der Waals surface area contributed by atoms with E-state index in [0.717, 1.165) is 25.9 Å². The van der Waals surface area contributed by atoms with Crippen LogP contribution in [0.3, 0.4) is 0 Å². The zero-order valence-electron chi connectivity index (χ0n) is 17.2. The SMILES string of the molecule is CN=C(NCCS(=O)(=O)C(C)(C)C)NC1CCCN(c2ccc(C)cc2)C1. The molecular formula is C20H34N4O2S. The number of rotatable bonds is 5. The Balaban J connectivity index is 1.87. The van der Waals surface area contributed by atoms with E-state index in [1.54, 1.807) is 27.8 Å². The maximum Gasteiger partial charge on any atom is 0.191 e. The highest BCUT2D eigenvalue weighted by molar-refractivity contribution is 7.92. The van der Waals surface area contributed by atoms with Crippen LogP contribution in [0.25, 0.3) is 0 Å². The van der Waals surface area contributed by atoms with Crippen molar-refractivity contribution in [1.29, 1.82) is 0 Å². The molecule has 6 nitrogen and oxygen atoms in total. The summed E-state index contributed by atoms with van der Waals surface area (Å²) in [4.78, 5) is 6.64. The minimum atomic E-state index is -3.14. The molecular weight excluding hydrogens is 360 g/mol. The predicted octanol–water partition coefficient (Wildman–Crippen LogP) is 2.34. The first-order valence-electron chi connectivity index (χ1n) is 9.63. The van der Waals surface area contributed by atoms with Crippen LogP contribution in [-0.2, 0) is 9.84 Å². The van der Waals surface area contributed by atoms with Crippen LogP contribution in [0, 0.1) is 6.92 Å². The van der Waals surface area contributed by atoms with Crippen molar-refractivity contribution in [2.24, 2.45) is 4.99 Å². The Morgan fingerprint density at radius 1 is 1.26 bits per heavy atom. The van der Waals surface area contributed by atoms with Crippen molar-refractivity contribution in [3.8, 4) is 0 Å². The summed E-state index contributed by atoms with van der Waals surface area (Å²) in [5.41, 5.74) is 2.51. The van der Waals surface area contributed by atoms with E-state index in [4.69, 9.17) is 0 Å². The highest BCUT2D eigenvalue weighted by Crippen LogP contribution is 2.20. The first-order chi connectivity index (χ1) is 12.6. The Kier molecular flexibility index (Phi) is 7.14. The number of aliphatic imine (C=N–C) groups is 1. The molecule has 0 radical (unpaired) electrons. The average Bonchev–Trinajstić information content (AvgIpc) is 2.60. The Morgan fingerprint density at radius 3 is 2.52 bits per heavy atom. The molecule has 1 aliphatic heterocycles. The molecule has 1 aliphatic rings. The first-order valence-corrected chi connectivity index (χ1v) is 11.3. The zero-order chi connectivity index (χ0) is 20.1. The summed E-state index contributed by atoms with van der Waals surface area (Å²) in [6.45, 7) is 9.61. The molecule has 1 aromatic rings. The largest absolute Gasteiger partial charge is 0.369 e. The van der Waals surface area contributed by atoms with Gasteiger partial charge in [0.2, 0.25) is 0 Å². The second-order valence-corrected chi connectivity index (χ2v) is 11.1. The summed E-state index contributed by atoms with van der Waals surface area (Å²) in [6, 6.07) is 8.90. The lowest BCUT2D eigenvalue weighted by Crippen LogP contribution is -2.52. The number of benzene rings is 1. The summed E-state index contributed by atoms with van der Waals surface area (Å²) in [5, 5.41) is 6.59. The van der Waals surface area contributed by atoms with Gasteiger partial charge in [-0.25, -0.2) is 8.42 Å². The lowest BCUT2D eigenvalue weighted by atomic mass is 10.0. The fourth-order valence-electron chi connectivity index (χ4n) is 3.08. The van der Waals surface area contributed by atoms with Gasteiger partial charge in [0.15, 0.2) is 15.8 Å². The molecule has 1 unspecified atom stereocenters. The second-order valence-electron chi connectivity index (χ2n) is 8.20. The van der Waals surface area contributed by atoms with Gasteiger partial charge in [-0.05, 0) is 52.7 Å². The Bertz CT molecular complexity index is 736. The Labute approximate surface area is 164 Å². The van der Waals surface area contributed by atoms with Gasteiger partial charge in [-0.15, -0.1) is 0 Å². The number of hydrogen-bond donors (Lipinski definition) is 2. The van der Waals surface area contributed by atoms with E-state index in [1.807, 2.05) is 0 Å². The second kappa shape index (κ2) is 8.95. The van der Waals surface area contributed by atoms with Gasteiger partial charge in [-0.1, -0.05) is 17.7 Å². The van der Waals surface area contributed by atoms with E-state index in [9.17, 15) is 8.42 Å². The van der Waals surface area contributed by atoms with Gasteiger partial charge in [0, 0.05) is 38.4 Å². The number of piperidine rings is 1. The van der Waals surface area contributed by atoms with Gasteiger partial charge in [-0.2, -0.15) is 0 Å². The lowest BCUT2D eigenvalue weighted by molar-refractivity contribution is 0.468. The van der Waals surface area contributed by atoms with Gasteiger partial charge >= 0.3 is 0 Å². The third-order valence-corrected chi connectivity index (χ3v) is 7.59. The molecule has 1 atom stereocenters. The molecule has 1 heterocycles. The molecule has 1 fully saturated rings. The normalized spacial score (nSPS) is 19.1. The molecule has 1 saturated heterocycles. The van der Waals surface area contributed by atoms with E-state index < -0.39 is 14.6 Å². The van der Waals surface area contributed by atoms with Crippen molar-refractivity contribution < 1.29 is 8.42 Å². The highest BCUT2D eigenvalue weighted by Gasteiger charge is 2.28. The summed E-state index contributed by atoms with van der Waals surface area (Å²) in [7, 11) is -1.42. The highest BCUT2D eigenvalue weighted by atomic mass is 32.2. The quantitative estimate of drug-likeness (QED) is 0.592. The van der Waals surface area contributed by atoms with E-state index in [-0.39, 0.29) is 11.8 Å². The fraction of sp³-hybridized carbons (Fsp3) is 0.650. The van der Waals surface area contributed by atoms with Gasteiger partial charge < -0.3 is 15.5 Å². The third-order valence-electron chi connectivity index (χ3n) is 4.98. The van der Waals surface area contributed by atoms with Crippen molar-refractivity contribution in [1.82, 2.24) is 10.6 Å². The van der Waals surface area contributed by atoms with Crippen molar-refractivity contribution in [3.63, 3.8) is 0 Å². The Hall–Kier alpha value is -1.76. The summed E-state index contributed by atoms with van der Waals surface area (Å²) in [6.07, 6.45) is 2.18. The predicted molar refractivity (Wildman–Crippen MR) is 114 cm³/mol. The van der Waals surface area contributed by atoms with Crippen LogP contribution in [0.2, 0.25) is 0 Å². The van der Waals surface area contributed by atoms with Crippen LogP contribution >= 0.6 is 0 Å². The molecule has 27 heavy (non-hydrogen) atoms. The van der Waals surface area contributed by atoms with Crippen molar-refractivity contribution in [2.45, 2.75) is 51.3 Å². The number of nitrogens with one attached hydrogen (secondary N) is 2. The number of sulfone groups is 1. The van der Waals surface area contributed by atoms with Crippen LogP contribution in [-0.4, -0.2) is 57.6 Å². The van der Waals surface area contributed by atoms with Crippen LogP contribution < -0.4 is 15.5 Å². The minimum absolute atomic E-state index is 0.0946. The van der Waals surface area contributed by atoms with Crippen molar-refractivity contribution >= 4 is 21.5 Å². The number of anilines is 1. The van der Waals surface area contributed by atoms with Crippen LogP contribution in [0.1, 0.15) is 39.2 Å². The first kappa shape index (κ1) is 21.5. The molecule has 7 heteroatoms. The minimum Gasteiger partial charge on any atom is -0.369 e. The smallest absolute Gasteiger partial charge is 0.191 e. The Morgan fingerprint density at radius 2 is 1.93 bits per heavy atom. The van der Waals surface area contributed by atoms with Crippen LogP contribution in [0.15, 0.2) is 29.3 Å². The molecule has 2 N–H and O–H groups in total. The maximum absolute atomic E-state index is 12.2. The summed E-state index contributed by atoms with van der Waals surface area (Å²) in [5.74, 6) is 0.757. The van der Waals surface area contributed by atoms with E-state index >= 15 is 0 Å². The van der Waals surface area contributed by atoms with Gasteiger partial charge in [0.1, 0.15) is 0 Å². The van der Waals surface area contributed by atoms with Crippen molar-refractivity contribution in [2.75, 3.05) is 37.3 Å². The van der Waals surface area contributed by atoms with E-state index in [2.05, 4.69) is 51.7 Å². The standard InChI is InChI=1S/C20H34N4O2S/c1-16-8-10-18(11-9-16)24-13-6-7-17(15-24)23-19(21-5)22-12-14-27(25,26)20(2,3)4/h8-11,17H,6-7,12-15H2,1-5H3,(H2,21,22,23). The molecule has 0 saturated carbocycles. The maximum atomic E-state index is 12.2. The molecule has 0 bridgehead atoms. The molecule has 152 valence electrons. The number of nitrogens with zero attached hydrogens (tertiary/aromatic N) is 2. The number of hydrogen-bond acceptors (Lipinski definition) is 4. The third kappa shape index (κ3) is 6.13. The number of guanidine groups is 1. The molecule has 0 aromatic heterocycles. The van der Waals surface area contributed by atoms with Crippen molar-refractivity contribution in [3.05, 3.63) is 29.8 Å². The monoisotopic (exact) mass is 394 g/mol. The van der Waals surface area contributed by atoms with Gasteiger partial charge in [0.05, 0.1) is 10.5 Å². The summed E-state index contributed by atoms with van der Waals surface area (Å²) >= 11 is 0. The van der Waals surface area contributed by atoms with Crippen LogP contribution in [0.5, 0.6) is 0 Å². The van der Waals surface area contributed by atoms with Gasteiger partial charge in [0.25, 0.3) is 0 Å². The number of aryl methyl sites for hydroxylation is 1. The molecule has 2 rings (SSSR count). The van der Waals surface area contributed by atoms with Gasteiger partial charge in [-0.3, -0.25) is 4.99 Å². The molecule has 0 spiro atoms. The topological polar surface area (TPSA) is 73.8 Å². The molecule has 1 aromatic carbocycles.